The summed E-state index contributed by atoms with van der Waals surface area (Å²) >= 11 is 4.68. The van der Waals surface area contributed by atoms with Crippen LogP contribution in [0.5, 0.6) is 0 Å². The second-order valence-electron chi connectivity index (χ2n) is 5.01. The van der Waals surface area contributed by atoms with Crippen molar-refractivity contribution in [2.45, 2.75) is 31.2 Å². The lowest BCUT2D eigenvalue weighted by Gasteiger charge is -2.16. The van der Waals surface area contributed by atoms with Crippen LogP contribution in [0.15, 0.2) is 21.6 Å². The summed E-state index contributed by atoms with van der Waals surface area (Å²) in [5.41, 5.74) is 0.315. The van der Waals surface area contributed by atoms with E-state index in [-0.39, 0.29) is 15.7 Å². The fraction of sp³-hybridized carbons (Fsp3) is 0.462. The van der Waals surface area contributed by atoms with Gasteiger partial charge < -0.3 is 5.32 Å². The Balaban J connectivity index is 1.81. The molecule has 0 atom stereocenters. The van der Waals surface area contributed by atoms with Crippen LogP contribution < -0.4 is 5.32 Å². The molecular weight excluding hydrogens is 334 g/mol. The van der Waals surface area contributed by atoms with Gasteiger partial charge in [-0.3, -0.25) is 4.99 Å². The Morgan fingerprint density at radius 1 is 1.21 bits per heavy atom. The van der Waals surface area contributed by atoms with E-state index in [1.54, 1.807) is 11.8 Å². The quantitative estimate of drug-likeness (QED) is 0.754. The van der Waals surface area contributed by atoms with Crippen LogP contribution in [-0.2, 0) is 0 Å². The van der Waals surface area contributed by atoms with E-state index < -0.39 is 11.6 Å². The number of rotatable bonds is 1. The van der Waals surface area contributed by atoms with Crippen LogP contribution in [0, 0.1) is 11.6 Å². The number of benzene rings is 1. The molecule has 0 aromatic heterocycles. The van der Waals surface area contributed by atoms with Crippen LogP contribution >= 0.6 is 27.7 Å². The average Bonchev–Trinajstić information content (AvgIpc) is 2.98. The van der Waals surface area contributed by atoms with Gasteiger partial charge >= 0.3 is 0 Å². The van der Waals surface area contributed by atoms with E-state index in [4.69, 9.17) is 4.99 Å². The molecule has 3 rings (SSSR count). The zero-order chi connectivity index (χ0) is 13.5. The highest BCUT2D eigenvalue weighted by Crippen LogP contribution is 2.41. The Hall–Kier alpha value is -0.620. The molecule has 19 heavy (non-hydrogen) atoms. The zero-order valence-corrected chi connectivity index (χ0v) is 12.6. The van der Waals surface area contributed by atoms with Crippen molar-refractivity contribution >= 4 is 38.5 Å². The van der Waals surface area contributed by atoms with E-state index in [1.807, 2.05) is 0 Å². The van der Waals surface area contributed by atoms with Crippen molar-refractivity contribution in [2.75, 3.05) is 11.1 Å². The Labute approximate surface area is 123 Å². The van der Waals surface area contributed by atoms with Gasteiger partial charge in [0.05, 0.1) is 15.7 Å². The van der Waals surface area contributed by atoms with Crippen LogP contribution in [0.3, 0.4) is 0 Å². The van der Waals surface area contributed by atoms with Gasteiger partial charge in [-0.05, 0) is 34.8 Å². The van der Waals surface area contributed by atoms with E-state index in [1.165, 1.54) is 18.9 Å². The molecular formula is C13H13BrF2N2S. The van der Waals surface area contributed by atoms with Gasteiger partial charge in [0, 0.05) is 11.8 Å². The average molecular weight is 347 g/mol. The summed E-state index contributed by atoms with van der Waals surface area (Å²) in [5, 5.41) is 3.71. The molecule has 0 bridgehead atoms. The van der Waals surface area contributed by atoms with Gasteiger partial charge in [0.1, 0.15) is 11.6 Å². The lowest BCUT2D eigenvalue weighted by atomic mass is 10.0. The topological polar surface area (TPSA) is 24.4 Å². The Kier molecular flexibility index (Phi) is 3.55. The van der Waals surface area contributed by atoms with E-state index in [9.17, 15) is 8.78 Å². The molecule has 102 valence electrons. The molecule has 1 aromatic carbocycles. The lowest BCUT2D eigenvalue weighted by molar-refractivity contribution is 0.508. The number of anilines is 1. The van der Waals surface area contributed by atoms with Crippen molar-refractivity contribution in [3.8, 4) is 0 Å². The number of nitrogens with one attached hydrogen (secondary N) is 1. The highest BCUT2D eigenvalue weighted by atomic mass is 79.9. The SMILES string of the molecule is Fc1cc(F)c(NC2=NC3(CCCC3)CS2)cc1Br. The van der Waals surface area contributed by atoms with Gasteiger partial charge in [0.2, 0.25) is 0 Å². The highest BCUT2D eigenvalue weighted by molar-refractivity contribution is 9.10. The number of amidine groups is 1. The maximum atomic E-state index is 13.7. The predicted octanol–water partition coefficient (Wildman–Crippen LogP) is 4.55. The molecule has 1 aromatic rings. The number of hydrogen-bond donors (Lipinski definition) is 1. The van der Waals surface area contributed by atoms with Crippen molar-refractivity contribution in [3.05, 3.63) is 28.2 Å². The predicted molar refractivity (Wildman–Crippen MR) is 78.8 cm³/mol. The number of nitrogens with zero attached hydrogens (tertiary/aromatic N) is 1. The molecule has 1 aliphatic heterocycles. The molecule has 1 aliphatic carbocycles. The third-order valence-corrected chi connectivity index (χ3v) is 5.36. The molecule has 1 N–H and O–H groups in total. The first-order valence-corrected chi connectivity index (χ1v) is 8.00. The van der Waals surface area contributed by atoms with E-state index in [2.05, 4.69) is 21.2 Å². The minimum atomic E-state index is -0.601. The van der Waals surface area contributed by atoms with Gasteiger partial charge in [0.15, 0.2) is 5.17 Å². The van der Waals surface area contributed by atoms with Gasteiger partial charge in [-0.1, -0.05) is 24.6 Å². The Morgan fingerprint density at radius 2 is 1.95 bits per heavy atom. The third-order valence-electron chi connectivity index (χ3n) is 3.60. The fourth-order valence-electron chi connectivity index (χ4n) is 2.57. The maximum Gasteiger partial charge on any atom is 0.161 e. The molecule has 6 heteroatoms. The van der Waals surface area contributed by atoms with Crippen molar-refractivity contribution < 1.29 is 8.78 Å². The van der Waals surface area contributed by atoms with Crippen molar-refractivity contribution in [3.63, 3.8) is 0 Å². The van der Waals surface area contributed by atoms with Crippen LogP contribution in [0.2, 0.25) is 0 Å². The molecule has 0 unspecified atom stereocenters. The summed E-state index contributed by atoms with van der Waals surface area (Å²) in [6, 6.07) is 2.28. The lowest BCUT2D eigenvalue weighted by Crippen LogP contribution is -2.21. The van der Waals surface area contributed by atoms with Crippen molar-refractivity contribution in [1.82, 2.24) is 0 Å². The fourth-order valence-corrected chi connectivity index (χ4v) is 4.11. The van der Waals surface area contributed by atoms with Crippen LogP contribution in [0.4, 0.5) is 14.5 Å². The van der Waals surface area contributed by atoms with Crippen LogP contribution in [0.1, 0.15) is 25.7 Å². The van der Waals surface area contributed by atoms with Gasteiger partial charge in [0.25, 0.3) is 0 Å². The summed E-state index contributed by atoms with van der Waals surface area (Å²) in [6.07, 6.45) is 4.66. The Morgan fingerprint density at radius 3 is 2.68 bits per heavy atom. The zero-order valence-electron chi connectivity index (χ0n) is 10.2. The molecule has 1 spiro atoms. The smallest absolute Gasteiger partial charge is 0.161 e. The Bertz CT molecular complexity index is 542. The van der Waals surface area contributed by atoms with Crippen LogP contribution in [-0.4, -0.2) is 16.5 Å². The number of aliphatic imine (C=N–C) groups is 1. The van der Waals surface area contributed by atoms with Gasteiger partial charge in [-0.25, -0.2) is 8.78 Å². The summed E-state index contributed by atoms with van der Waals surface area (Å²) < 4.78 is 27.1. The molecule has 0 saturated heterocycles. The molecule has 0 amide bonds. The molecule has 0 radical (unpaired) electrons. The van der Waals surface area contributed by atoms with Crippen LogP contribution in [0.25, 0.3) is 0 Å². The minimum absolute atomic E-state index is 0.0563. The summed E-state index contributed by atoms with van der Waals surface area (Å²) in [6.45, 7) is 0. The largest absolute Gasteiger partial charge is 0.333 e. The van der Waals surface area contributed by atoms with Gasteiger partial charge in [-0.2, -0.15) is 0 Å². The first kappa shape index (κ1) is 13.4. The van der Waals surface area contributed by atoms with E-state index in [0.717, 1.165) is 29.8 Å². The second-order valence-corrected chi connectivity index (χ2v) is 6.83. The molecule has 2 nitrogen and oxygen atoms in total. The third kappa shape index (κ3) is 2.65. The summed E-state index contributed by atoms with van der Waals surface area (Å²) in [5.74, 6) is -0.244. The minimum Gasteiger partial charge on any atom is -0.333 e. The molecule has 1 heterocycles. The van der Waals surface area contributed by atoms with E-state index >= 15 is 0 Å². The number of halogens is 3. The first-order chi connectivity index (χ1) is 9.08. The maximum absolute atomic E-state index is 13.7. The second kappa shape index (κ2) is 5.05. The normalized spacial score (nSPS) is 20.9. The van der Waals surface area contributed by atoms with Crippen molar-refractivity contribution in [1.29, 1.82) is 0 Å². The first-order valence-electron chi connectivity index (χ1n) is 6.22. The van der Waals surface area contributed by atoms with Gasteiger partial charge in [-0.15, -0.1) is 0 Å². The van der Waals surface area contributed by atoms with Crippen molar-refractivity contribution in [2.24, 2.45) is 4.99 Å². The number of hydrogen-bond acceptors (Lipinski definition) is 3. The monoisotopic (exact) mass is 346 g/mol. The summed E-state index contributed by atoms with van der Waals surface area (Å²) in [4.78, 5) is 4.70. The van der Waals surface area contributed by atoms with E-state index in [0.29, 0.717) is 0 Å². The number of thioether (sulfide) groups is 1. The molecule has 2 aliphatic rings. The molecule has 1 saturated carbocycles. The standard InChI is InChI=1S/C13H13BrF2N2S/c14-8-5-11(10(16)6-9(8)15)17-12-18-13(7-19-12)3-1-2-4-13/h5-6H,1-4,7H2,(H,17,18). The highest BCUT2D eigenvalue weighted by Gasteiger charge is 2.38. The molecule has 1 fully saturated rings. The summed E-state index contributed by atoms with van der Waals surface area (Å²) in [7, 11) is 0.